The minimum atomic E-state index is -0.731. The second-order valence-corrected chi connectivity index (χ2v) is 25.4. The Bertz CT molecular complexity index is 2480. The van der Waals surface area contributed by atoms with Gasteiger partial charge in [-0.1, -0.05) is 149 Å². The molecular weight excluding hydrogens is 700 g/mol. The fraction of sp³-hybridized carbons (Fsp3) is 0.167. The van der Waals surface area contributed by atoms with Crippen molar-refractivity contribution in [1.29, 1.82) is 0 Å². The first-order valence-electron chi connectivity index (χ1n) is 18.3. The van der Waals surface area contributed by atoms with E-state index in [1.165, 1.54) is 66.8 Å². The van der Waals surface area contributed by atoms with Crippen molar-refractivity contribution in [3.63, 3.8) is 0 Å². The summed E-state index contributed by atoms with van der Waals surface area (Å²) in [4.78, 5) is 0. The summed E-state index contributed by atoms with van der Waals surface area (Å²) in [7, 11) is -2.93. The summed E-state index contributed by atoms with van der Waals surface area (Å²) in [5.41, 5.74) is 17.8. The molecule has 0 saturated carbocycles. The van der Waals surface area contributed by atoms with Gasteiger partial charge in [-0.3, -0.25) is 0 Å². The third-order valence-corrected chi connectivity index (χ3v) is 28.2. The van der Waals surface area contributed by atoms with Crippen molar-refractivity contribution in [2.24, 2.45) is 0 Å². The van der Waals surface area contributed by atoms with Gasteiger partial charge in [0.15, 0.2) is 0 Å². The first-order valence-corrected chi connectivity index (χ1v) is 25.1. The Hall–Kier alpha value is -4.00. The van der Waals surface area contributed by atoms with Crippen LogP contribution in [0.25, 0.3) is 63.9 Å². The monoisotopic (exact) mass is 744 g/mol. The number of rotatable bonds is 4. The summed E-state index contributed by atoms with van der Waals surface area (Å²) < 4.78 is 0. The van der Waals surface area contributed by atoms with Crippen LogP contribution in [0.5, 0.6) is 0 Å². The molecule has 4 unspecified atom stereocenters. The SMILES string of the molecule is Cc1c(C)c2c3c(C)c(C)c(-c4ccccc4)p3p3c(-c4ccccc4)c(C)c(C)c3c3c(C)c(C)c(-c4ccccc4)p3p2c1-c1ccccc1. The van der Waals surface area contributed by atoms with Crippen LogP contribution in [0.4, 0.5) is 0 Å². The van der Waals surface area contributed by atoms with Gasteiger partial charge in [0, 0.05) is 41.7 Å². The van der Waals surface area contributed by atoms with Crippen molar-refractivity contribution >= 4 is 48.5 Å². The van der Waals surface area contributed by atoms with Crippen molar-refractivity contribution in [2.45, 2.75) is 55.4 Å². The lowest BCUT2D eigenvalue weighted by Gasteiger charge is -2.12. The maximum absolute atomic E-state index is 2.48. The number of fused-ring (bicyclic) bond motifs is 8. The molecule has 0 radical (unpaired) electrons. The molecule has 0 bridgehead atoms. The summed E-state index contributed by atoms with van der Waals surface area (Å²) in [5, 5.41) is 13.3. The fourth-order valence-corrected chi connectivity index (χ4v) is 31.3. The average molecular weight is 745 g/mol. The molecule has 0 spiro atoms. The lowest BCUT2D eigenvalue weighted by atomic mass is 10.1. The molecule has 0 N–H and O–H groups in total. The van der Waals surface area contributed by atoms with Gasteiger partial charge in [-0.2, -0.15) is 0 Å². The van der Waals surface area contributed by atoms with Crippen LogP contribution in [0.1, 0.15) is 44.5 Å². The van der Waals surface area contributed by atoms with Gasteiger partial charge in [-0.05, 0) is 122 Å². The third-order valence-electron chi connectivity index (χ3n) is 11.8. The van der Waals surface area contributed by atoms with Crippen molar-refractivity contribution in [1.82, 2.24) is 0 Å². The van der Waals surface area contributed by atoms with E-state index in [0.717, 1.165) is 0 Å². The molecule has 5 heterocycles. The Balaban J connectivity index is 1.75. The van der Waals surface area contributed by atoms with Gasteiger partial charge in [-0.15, -0.1) is 0 Å². The van der Waals surface area contributed by atoms with Gasteiger partial charge in [0.2, 0.25) is 0 Å². The smallest absolute Gasteiger partial charge is 0.0177 e. The normalized spacial score (nSPS) is 13.2. The molecule has 0 nitrogen and oxygen atoms in total. The van der Waals surface area contributed by atoms with Crippen LogP contribution in [-0.2, 0) is 0 Å². The van der Waals surface area contributed by atoms with Crippen LogP contribution in [0, 0.1) is 55.4 Å². The molecule has 0 saturated heterocycles. The summed E-state index contributed by atoms with van der Waals surface area (Å²) in [5.74, 6) is 0. The predicted octanol–water partition coefficient (Wildman–Crippen LogP) is 17.1. The van der Waals surface area contributed by atoms with Crippen molar-refractivity contribution in [2.75, 3.05) is 0 Å². The maximum atomic E-state index is 2.48. The number of benzene rings is 4. The van der Waals surface area contributed by atoms with Crippen molar-refractivity contribution in [3.05, 3.63) is 166 Å². The van der Waals surface area contributed by atoms with Crippen LogP contribution in [0.2, 0.25) is 0 Å². The molecule has 0 aliphatic carbocycles. The Morgan fingerprint density at radius 1 is 0.231 bits per heavy atom. The van der Waals surface area contributed by atoms with E-state index in [9.17, 15) is 0 Å². The van der Waals surface area contributed by atoms with Crippen LogP contribution < -0.4 is 0 Å². The summed E-state index contributed by atoms with van der Waals surface area (Å²) in [6.45, 7) is 19.7. The molecule has 256 valence electrons. The highest BCUT2D eigenvalue weighted by atomic mass is 31.9. The zero-order chi connectivity index (χ0) is 36.0. The highest BCUT2D eigenvalue weighted by Gasteiger charge is 2.30. The molecule has 0 aliphatic heterocycles. The largest absolute Gasteiger partial charge is 0.0622 e. The predicted molar refractivity (Wildman–Crippen MR) is 238 cm³/mol. The molecule has 5 aromatic heterocycles. The minimum absolute atomic E-state index is 0.731. The van der Waals surface area contributed by atoms with E-state index in [0.29, 0.717) is 0 Å². The molecule has 0 aliphatic rings. The Morgan fingerprint density at radius 2 is 0.404 bits per heavy atom. The number of hydrogen-bond donors (Lipinski definition) is 0. The van der Waals surface area contributed by atoms with Gasteiger partial charge in [0.1, 0.15) is 0 Å². The standard InChI is InChI=1S/C48H44P4/c1-29-33(5)45-46-34(6)30(2)43(39-25-17-11-18-26-39)51(46)52-44(40-27-19-12-20-28-40)32(4)36(8)48(52)47-35(7)31(3)42(38-23-15-10-16-24-38)50(47)49(45)41(29)37-21-13-9-14-22-37/h9-28H,1-8H3. The van der Waals surface area contributed by atoms with E-state index in [2.05, 4.69) is 177 Å². The van der Waals surface area contributed by atoms with E-state index in [-0.39, 0.29) is 0 Å². The topological polar surface area (TPSA) is 0 Å². The molecule has 4 aromatic carbocycles. The first-order chi connectivity index (χ1) is 25.2. The molecule has 9 rings (SSSR count). The minimum Gasteiger partial charge on any atom is -0.0622 e. The van der Waals surface area contributed by atoms with Gasteiger partial charge < -0.3 is 0 Å². The van der Waals surface area contributed by atoms with E-state index >= 15 is 0 Å². The summed E-state index contributed by atoms with van der Waals surface area (Å²) in [6, 6.07) is 45.8. The second kappa shape index (κ2) is 12.8. The van der Waals surface area contributed by atoms with Crippen molar-refractivity contribution in [3.8, 4) is 43.4 Å². The Kier molecular flexibility index (Phi) is 8.35. The molecule has 0 fully saturated rings. The third kappa shape index (κ3) is 4.75. The van der Waals surface area contributed by atoms with Crippen LogP contribution in [0.15, 0.2) is 121 Å². The lowest BCUT2D eigenvalue weighted by Crippen LogP contribution is -1.78. The lowest BCUT2D eigenvalue weighted by molar-refractivity contribution is 1.41. The molecule has 9 aromatic rings. The summed E-state index contributed by atoms with van der Waals surface area (Å²) in [6.07, 6.45) is 0. The number of aryl methyl sites for hydroxylation is 4. The first kappa shape index (κ1) is 33.8. The molecular formula is C48H44P4. The Labute approximate surface area is 311 Å². The summed E-state index contributed by atoms with van der Waals surface area (Å²) >= 11 is 0. The molecule has 4 heteroatoms. The van der Waals surface area contributed by atoms with Crippen LogP contribution >= 0.6 is 28.1 Å². The highest BCUT2D eigenvalue weighted by Crippen LogP contribution is 2.75. The van der Waals surface area contributed by atoms with Gasteiger partial charge in [0.05, 0.1) is 0 Å². The Morgan fingerprint density at radius 3 is 0.577 bits per heavy atom. The van der Waals surface area contributed by atoms with Crippen molar-refractivity contribution < 1.29 is 0 Å². The zero-order valence-electron chi connectivity index (χ0n) is 31.3. The van der Waals surface area contributed by atoms with E-state index in [4.69, 9.17) is 0 Å². The fourth-order valence-electron chi connectivity index (χ4n) is 8.79. The quantitative estimate of drug-likeness (QED) is 0.168. The molecule has 0 amide bonds. The van der Waals surface area contributed by atoms with Gasteiger partial charge >= 0.3 is 0 Å². The highest BCUT2D eigenvalue weighted by molar-refractivity contribution is 8.16. The van der Waals surface area contributed by atoms with E-state index in [1.54, 1.807) is 41.7 Å². The van der Waals surface area contributed by atoms with E-state index < -0.39 is 28.1 Å². The maximum Gasteiger partial charge on any atom is 0.0177 e. The molecule has 4 atom stereocenters. The van der Waals surface area contributed by atoms with E-state index in [1.807, 2.05) is 0 Å². The number of hydrogen-bond acceptors (Lipinski definition) is 0. The van der Waals surface area contributed by atoms with Gasteiger partial charge in [-0.25, -0.2) is 0 Å². The van der Waals surface area contributed by atoms with Gasteiger partial charge in [0.25, 0.3) is 0 Å². The molecule has 52 heavy (non-hydrogen) atoms. The van der Waals surface area contributed by atoms with Crippen LogP contribution in [-0.4, -0.2) is 0 Å². The average Bonchev–Trinajstić information content (AvgIpc) is 3.77. The second-order valence-electron chi connectivity index (χ2n) is 14.5. The van der Waals surface area contributed by atoms with Crippen LogP contribution in [0.3, 0.4) is 0 Å². The zero-order valence-corrected chi connectivity index (χ0v) is 34.9.